The minimum atomic E-state index is -3.81. The SMILES string of the molecule is COc1ccc(N)cc1S(=O)(=O)NC1(CO)CCCCC1. The standard InChI is InChI=1S/C14H22N2O4S/c1-20-12-6-5-11(15)9-13(12)21(18,19)16-14(10-17)7-3-2-4-8-14/h5-6,9,16-17H,2-4,7-8,10,15H2,1H3. The summed E-state index contributed by atoms with van der Waals surface area (Å²) in [4.78, 5) is 0.00315. The van der Waals surface area contributed by atoms with Crippen molar-refractivity contribution in [2.24, 2.45) is 0 Å². The van der Waals surface area contributed by atoms with Crippen LogP contribution in [0.1, 0.15) is 32.1 Å². The van der Waals surface area contributed by atoms with Crippen LogP contribution in [0.25, 0.3) is 0 Å². The van der Waals surface area contributed by atoms with Crippen molar-refractivity contribution in [1.82, 2.24) is 4.72 Å². The van der Waals surface area contributed by atoms with Gasteiger partial charge in [-0.15, -0.1) is 0 Å². The maximum Gasteiger partial charge on any atom is 0.244 e. The van der Waals surface area contributed by atoms with Crippen LogP contribution in [0.5, 0.6) is 5.75 Å². The van der Waals surface area contributed by atoms with Gasteiger partial charge in [0.2, 0.25) is 10.0 Å². The molecule has 0 bridgehead atoms. The average molecular weight is 314 g/mol. The van der Waals surface area contributed by atoms with E-state index in [9.17, 15) is 13.5 Å². The van der Waals surface area contributed by atoms with E-state index in [0.29, 0.717) is 18.5 Å². The highest BCUT2D eigenvalue weighted by molar-refractivity contribution is 7.89. The number of sulfonamides is 1. The van der Waals surface area contributed by atoms with Gasteiger partial charge in [0, 0.05) is 5.69 Å². The second-order valence-corrected chi connectivity index (χ2v) is 7.17. The third kappa shape index (κ3) is 3.48. The molecule has 4 N–H and O–H groups in total. The highest BCUT2D eigenvalue weighted by atomic mass is 32.2. The van der Waals surface area contributed by atoms with Crippen LogP contribution in [0.2, 0.25) is 0 Å². The third-order valence-corrected chi connectivity index (χ3v) is 5.54. The Labute approximate surface area is 125 Å². The summed E-state index contributed by atoms with van der Waals surface area (Å²) in [6, 6.07) is 4.48. The summed E-state index contributed by atoms with van der Waals surface area (Å²) in [5, 5.41) is 9.65. The molecule has 2 rings (SSSR count). The lowest BCUT2D eigenvalue weighted by Crippen LogP contribution is -2.52. The van der Waals surface area contributed by atoms with Crippen molar-refractivity contribution in [3.05, 3.63) is 18.2 Å². The predicted molar refractivity (Wildman–Crippen MR) is 80.6 cm³/mol. The summed E-state index contributed by atoms with van der Waals surface area (Å²) in [7, 11) is -2.40. The first-order valence-corrected chi connectivity index (χ1v) is 8.49. The molecule has 118 valence electrons. The van der Waals surface area contributed by atoms with Crippen molar-refractivity contribution in [3.8, 4) is 5.75 Å². The molecule has 1 aliphatic carbocycles. The molecule has 7 heteroatoms. The van der Waals surface area contributed by atoms with Crippen LogP contribution in [0.3, 0.4) is 0 Å². The predicted octanol–water partition coefficient (Wildman–Crippen LogP) is 1.25. The van der Waals surface area contributed by atoms with Crippen LogP contribution in [0, 0.1) is 0 Å². The zero-order valence-electron chi connectivity index (χ0n) is 12.1. The first kappa shape index (κ1) is 16.1. The van der Waals surface area contributed by atoms with Gasteiger partial charge in [-0.05, 0) is 31.0 Å². The molecule has 0 spiro atoms. The molecule has 0 atom stereocenters. The van der Waals surface area contributed by atoms with Gasteiger partial charge in [-0.1, -0.05) is 19.3 Å². The van der Waals surface area contributed by atoms with E-state index in [-0.39, 0.29) is 17.3 Å². The summed E-state index contributed by atoms with van der Waals surface area (Å²) in [5.74, 6) is 0.237. The van der Waals surface area contributed by atoms with Gasteiger partial charge in [0.25, 0.3) is 0 Å². The fourth-order valence-electron chi connectivity index (χ4n) is 2.76. The number of anilines is 1. The van der Waals surface area contributed by atoms with E-state index < -0.39 is 15.6 Å². The second kappa shape index (κ2) is 6.21. The Hall–Kier alpha value is -1.31. The number of hydrogen-bond donors (Lipinski definition) is 3. The lowest BCUT2D eigenvalue weighted by atomic mass is 9.83. The van der Waals surface area contributed by atoms with Crippen LogP contribution in [-0.2, 0) is 10.0 Å². The molecule has 0 aromatic heterocycles. The highest BCUT2D eigenvalue weighted by Gasteiger charge is 2.36. The number of aliphatic hydroxyl groups excluding tert-OH is 1. The van der Waals surface area contributed by atoms with Crippen molar-refractivity contribution in [2.75, 3.05) is 19.5 Å². The fourth-order valence-corrected chi connectivity index (χ4v) is 4.42. The Kier molecular flexibility index (Phi) is 4.75. The molecule has 0 saturated heterocycles. The summed E-state index contributed by atoms with van der Waals surface area (Å²) < 4.78 is 33.0. The number of aliphatic hydroxyl groups is 1. The van der Waals surface area contributed by atoms with E-state index in [2.05, 4.69) is 4.72 Å². The van der Waals surface area contributed by atoms with Gasteiger partial charge in [-0.2, -0.15) is 0 Å². The Bertz CT molecular complexity index is 595. The number of hydrogen-bond acceptors (Lipinski definition) is 5. The number of rotatable bonds is 5. The van der Waals surface area contributed by atoms with E-state index in [1.54, 1.807) is 6.07 Å². The zero-order valence-corrected chi connectivity index (χ0v) is 12.9. The van der Waals surface area contributed by atoms with Crippen molar-refractivity contribution >= 4 is 15.7 Å². The average Bonchev–Trinajstić information content (AvgIpc) is 2.47. The lowest BCUT2D eigenvalue weighted by molar-refractivity contribution is 0.142. The molecule has 1 saturated carbocycles. The molecule has 1 fully saturated rings. The molecule has 0 amide bonds. The van der Waals surface area contributed by atoms with Crippen LogP contribution in [-0.4, -0.2) is 32.8 Å². The molecule has 1 aliphatic rings. The summed E-state index contributed by atoms with van der Waals surface area (Å²) in [6.45, 7) is -0.211. The third-order valence-electron chi connectivity index (χ3n) is 3.94. The smallest absolute Gasteiger partial charge is 0.244 e. The maximum atomic E-state index is 12.6. The van der Waals surface area contributed by atoms with Gasteiger partial charge in [0.1, 0.15) is 10.6 Å². The minimum absolute atomic E-state index is 0.00315. The summed E-state index contributed by atoms with van der Waals surface area (Å²) in [6.07, 6.45) is 4.13. The molecule has 0 heterocycles. The monoisotopic (exact) mass is 314 g/mol. The molecule has 0 unspecified atom stereocenters. The Morgan fingerprint density at radius 1 is 1.33 bits per heavy atom. The molecule has 1 aromatic rings. The molecular weight excluding hydrogens is 292 g/mol. The van der Waals surface area contributed by atoms with Crippen LogP contribution in [0.15, 0.2) is 23.1 Å². The van der Waals surface area contributed by atoms with Gasteiger partial charge in [-0.25, -0.2) is 13.1 Å². The molecule has 6 nitrogen and oxygen atoms in total. The number of ether oxygens (including phenoxy) is 1. The molecule has 0 radical (unpaired) electrons. The zero-order chi connectivity index (χ0) is 15.5. The molecule has 21 heavy (non-hydrogen) atoms. The van der Waals surface area contributed by atoms with Gasteiger partial charge < -0.3 is 15.6 Å². The van der Waals surface area contributed by atoms with E-state index in [1.807, 2.05) is 0 Å². The van der Waals surface area contributed by atoms with E-state index in [1.165, 1.54) is 19.2 Å². The van der Waals surface area contributed by atoms with Crippen molar-refractivity contribution in [1.29, 1.82) is 0 Å². The second-order valence-electron chi connectivity index (χ2n) is 5.51. The topological polar surface area (TPSA) is 102 Å². The fraction of sp³-hybridized carbons (Fsp3) is 0.571. The van der Waals surface area contributed by atoms with Crippen molar-refractivity contribution < 1.29 is 18.3 Å². The lowest BCUT2D eigenvalue weighted by Gasteiger charge is -2.36. The molecule has 1 aromatic carbocycles. The largest absolute Gasteiger partial charge is 0.495 e. The number of nitrogens with one attached hydrogen (secondary N) is 1. The van der Waals surface area contributed by atoms with Gasteiger partial charge >= 0.3 is 0 Å². The number of methoxy groups -OCH3 is 1. The minimum Gasteiger partial charge on any atom is -0.495 e. The number of nitrogen functional groups attached to an aromatic ring is 1. The van der Waals surface area contributed by atoms with Crippen LogP contribution < -0.4 is 15.2 Å². The quantitative estimate of drug-likeness (QED) is 0.710. The Morgan fingerprint density at radius 2 is 2.00 bits per heavy atom. The van der Waals surface area contributed by atoms with E-state index in [4.69, 9.17) is 10.5 Å². The Balaban J connectivity index is 2.35. The number of nitrogens with two attached hydrogens (primary N) is 1. The summed E-state index contributed by atoms with van der Waals surface area (Å²) in [5.41, 5.74) is 5.24. The number of benzene rings is 1. The highest BCUT2D eigenvalue weighted by Crippen LogP contribution is 2.32. The van der Waals surface area contributed by atoms with Crippen molar-refractivity contribution in [2.45, 2.75) is 42.5 Å². The molecule has 0 aliphatic heterocycles. The summed E-state index contributed by atoms with van der Waals surface area (Å²) >= 11 is 0. The normalized spacial score (nSPS) is 18.4. The van der Waals surface area contributed by atoms with E-state index in [0.717, 1.165) is 19.3 Å². The van der Waals surface area contributed by atoms with Gasteiger partial charge in [-0.3, -0.25) is 0 Å². The van der Waals surface area contributed by atoms with E-state index >= 15 is 0 Å². The first-order chi connectivity index (χ1) is 9.92. The first-order valence-electron chi connectivity index (χ1n) is 7.01. The maximum absolute atomic E-state index is 12.6. The Morgan fingerprint density at radius 3 is 2.57 bits per heavy atom. The van der Waals surface area contributed by atoms with Crippen LogP contribution in [0.4, 0.5) is 5.69 Å². The molecular formula is C14H22N2O4S. The van der Waals surface area contributed by atoms with Gasteiger partial charge in [0.15, 0.2) is 0 Å². The van der Waals surface area contributed by atoms with Crippen molar-refractivity contribution in [3.63, 3.8) is 0 Å². The van der Waals surface area contributed by atoms with Crippen LogP contribution >= 0.6 is 0 Å². The van der Waals surface area contributed by atoms with Gasteiger partial charge in [0.05, 0.1) is 19.3 Å².